The Morgan fingerprint density at radius 2 is 2.00 bits per heavy atom. The van der Waals surface area contributed by atoms with Crippen molar-refractivity contribution in [1.29, 1.82) is 0 Å². The van der Waals surface area contributed by atoms with E-state index in [1.165, 1.54) is 13.2 Å². The molecule has 0 unspecified atom stereocenters. The molecule has 0 heterocycles. The van der Waals surface area contributed by atoms with E-state index in [0.29, 0.717) is 0 Å². The summed E-state index contributed by atoms with van der Waals surface area (Å²) in [6.07, 6.45) is -0.776. The predicted octanol–water partition coefficient (Wildman–Crippen LogP) is 1.85. The Balaban J connectivity index is 3.04. The van der Waals surface area contributed by atoms with Gasteiger partial charge in [-0.2, -0.15) is 0 Å². The van der Waals surface area contributed by atoms with E-state index in [1.807, 2.05) is 13.8 Å². The Labute approximate surface area is 95.0 Å². The van der Waals surface area contributed by atoms with Crippen LogP contribution in [0, 0.1) is 11.7 Å². The topological polar surface area (TPSA) is 55.5 Å². The minimum absolute atomic E-state index is 0.0272. The van der Waals surface area contributed by atoms with E-state index in [4.69, 9.17) is 10.5 Å². The van der Waals surface area contributed by atoms with Gasteiger partial charge in [0.05, 0.1) is 19.3 Å². The van der Waals surface area contributed by atoms with Crippen LogP contribution in [0.3, 0.4) is 0 Å². The second kappa shape index (κ2) is 5.27. The van der Waals surface area contributed by atoms with Gasteiger partial charge in [-0.05, 0) is 12.0 Å². The number of rotatable bonds is 4. The molecule has 3 N–H and O–H groups in total. The van der Waals surface area contributed by atoms with Gasteiger partial charge >= 0.3 is 0 Å². The van der Waals surface area contributed by atoms with E-state index < -0.39 is 18.0 Å². The zero-order valence-electron chi connectivity index (χ0n) is 9.77. The van der Waals surface area contributed by atoms with Crippen LogP contribution in [0.5, 0.6) is 5.75 Å². The molecule has 0 saturated heterocycles. The highest BCUT2D eigenvalue weighted by atomic mass is 19.1. The summed E-state index contributed by atoms with van der Waals surface area (Å²) in [5.41, 5.74) is 6.10. The first-order valence-corrected chi connectivity index (χ1v) is 5.25. The van der Waals surface area contributed by atoms with Crippen molar-refractivity contribution >= 4 is 0 Å². The third kappa shape index (κ3) is 2.51. The normalized spacial score (nSPS) is 14.9. The zero-order chi connectivity index (χ0) is 12.3. The van der Waals surface area contributed by atoms with E-state index in [0.717, 1.165) is 0 Å². The molecule has 0 saturated carbocycles. The van der Waals surface area contributed by atoms with E-state index in [9.17, 15) is 9.50 Å². The molecule has 0 radical (unpaired) electrons. The van der Waals surface area contributed by atoms with Crippen LogP contribution in [0.15, 0.2) is 18.2 Å². The summed E-state index contributed by atoms with van der Waals surface area (Å²) >= 11 is 0. The molecule has 1 aromatic rings. The van der Waals surface area contributed by atoms with E-state index in [2.05, 4.69) is 0 Å². The number of aliphatic hydroxyl groups is 1. The van der Waals surface area contributed by atoms with Gasteiger partial charge in [0.2, 0.25) is 0 Å². The molecule has 0 aliphatic carbocycles. The highest BCUT2D eigenvalue weighted by Crippen LogP contribution is 2.27. The van der Waals surface area contributed by atoms with Gasteiger partial charge in [-0.15, -0.1) is 0 Å². The van der Waals surface area contributed by atoms with Gasteiger partial charge < -0.3 is 15.6 Å². The Hall–Kier alpha value is -1.13. The van der Waals surface area contributed by atoms with Crippen molar-refractivity contribution in [3.8, 4) is 5.75 Å². The molecule has 0 aliphatic heterocycles. The average Bonchev–Trinajstić information content (AvgIpc) is 2.27. The molecule has 1 rings (SSSR count). The predicted molar refractivity (Wildman–Crippen MR) is 60.7 cm³/mol. The highest BCUT2D eigenvalue weighted by molar-refractivity contribution is 5.33. The largest absolute Gasteiger partial charge is 0.494 e. The molecule has 0 fully saturated rings. The van der Waals surface area contributed by atoms with Gasteiger partial charge in [0.1, 0.15) is 0 Å². The molecule has 16 heavy (non-hydrogen) atoms. The van der Waals surface area contributed by atoms with E-state index in [-0.39, 0.29) is 17.2 Å². The van der Waals surface area contributed by atoms with Crippen molar-refractivity contribution in [1.82, 2.24) is 0 Å². The summed E-state index contributed by atoms with van der Waals surface area (Å²) in [5, 5.41) is 9.80. The Kier molecular flexibility index (Phi) is 4.26. The van der Waals surface area contributed by atoms with Crippen molar-refractivity contribution in [3.63, 3.8) is 0 Å². The molecule has 0 bridgehead atoms. The molecule has 4 heteroatoms. The number of nitrogens with two attached hydrogens (primary N) is 1. The molecule has 2 atom stereocenters. The van der Waals surface area contributed by atoms with Crippen LogP contribution >= 0.6 is 0 Å². The Bertz CT molecular complexity index is 355. The zero-order valence-corrected chi connectivity index (χ0v) is 9.77. The van der Waals surface area contributed by atoms with Crippen LogP contribution in [0.2, 0.25) is 0 Å². The van der Waals surface area contributed by atoms with Crippen molar-refractivity contribution in [2.24, 2.45) is 11.7 Å². The quantitative estimate of drug-likeness (QED) is 0.825. The van der Waals surface area contributed by atoms with Crippen LogP contribution in [-0.2, 0) is 0 Å². The molecule has 0 aliphatic rings. The highest BCUT2D eigenvalue weighted by Gasteiger charge is 2.24. The summed E-state index contributed by atoms with van der Waals surface area (Å²) in [6.45, 7) is 3.67. The molecule has 0 amide bonds. The summed E-state index contributed by atoms with van der Waals surface area (Å²) in [5.74, 6) is -0.387. The van der Waals surface area contributed by atoms with Crippen molar-refractivity contribution in [2.75, 3.05) is 7.11 Å². The summed E-state index contributed by atoms with van der Waals surface area (Å²) in [7, 11) is 1.40. The van der Waals surface area contributed by atoms with Crippen LogP contribution < -0.4 is 10.5 Å². The number of hydrogen-bond acceptors (Lipinski definition) is 3. The first-order chi connectivity index (χ1) is 7.49. The SMILES string of the molecule is COc1cccc([C@@H](N)[C@@H](O)C(C)C)c1F. The van der Waals surface area contributed by atoms with Gasteiger partial charge in [0.15, 0.2) is 11.6 Å². The van der Waals surface area contributed by atoms with Crippen molar-refractivity contribution in [3.05, 3.63) is 29.6 Å². The molecule has 3 nitrogen and oxygen atoms in total. The van der Waals surface area contributed by atoms with Crippen molar-refractivity contribution in [2.45, 2.75) is 26.0 Å². The number of halogens is 1. The fourth-order valence-electron chi connectivity index (χ4n) is 1.54. The first kappa shape index (κ1) is 12.9. The van der Waals surface area contributed by atoms with Gasteiger partial charge in [0, 0.05) is 5.56 Å². The van der Waals surface area contributed by atoms with Gasteiger partial charge in [0.25, 0.3) is 0 Å². The maximum absolute atomic E-state index is 13.8. The van der Waals surface area contributed by atoms with Crippen LogP contribution in [0.25, 0.3) is 0 Å². The lowest BCUT2D eigenvalue weighted by molar-refractivity contribution is 0.0964. The van der Waals surface area contributed by atoms with Gasteiger partial charge in [-0.3, -0.25) is 0 Å². The smallest absolute Gasteiger partial charge is 0.169 e. The fourth-order valence-corrected chi connectivity index (χ4v) is 1.54. The van der Waals surface area contributed by atoms with Gasteiger partial charge in [-0.25, -0.2) is 4.39 Å². The molecule has 0 aromatic heterocycles. The maximum atomic E-state index is 13.8. The molecule has 90 valence electrons. The van der Waals surface area contributed by atoms with Crippen LogP contribution in [0.4, 0.5) is 4.39 Å². The Morgan fingerprint density at radius 1 is 1.38 bits per heavy atom. The number of ether oxygens (including phenoxy) is 1. The van der Waals surface area contributed by atoms with Gasteiger partial charge in [-0.1, -0.05) is 26.0 Å². The third-order valence-corrected chi connectivity index (χ3v) is 2.62. The number of aliphatic hydroxyl groups excluding tert-OH is 1. The lowest BCUT2D eigenvalue weighted by Gasteiger charge is -2.23. The van der Waals surface area contributed by atoms with E-state index in [1.54, 1.807) is 12.1 Å². The number of benzene rings is 1. The number of methoxy groups -OCH3 is 1. The standard InChI is InChI=1S/C12H18FNO2/c1-7(2)12(15)11(14)8-5-4-6-9(16-3)10(8)13/h4-7,11-12,15H,14H2,1-3H3/t11-,12+/m1/s1. The van der Waals surface area contributed by atoms with Crippen LogP contribution in [0.1, 0.15) is 25.5 Å². The molecule has 1 aromatic carbocycles. The second-order valence-electron chi connectivity index (χ2n) is 4.12. The summed E-state index contributed by atoms with van der Waals surface area (Å²) < 4.78 is 18.7. The van der Waals surface area contributed by atoms with Crippen molar-refractivity contribution < 1.29 is 14.2 Å². The second-order valence-corrected chi connectivity index (χ2v) is 4.12. The van der Waals surface area contributed by atoms with Crippen LogP contribution in [-0.4, -0.2) is 18.3 Å². The third-order valence-electron chi connectivity index (χ3n) is 2.62. The summed E-state index contributed by atoms with van der Waals surface area (Å²) in [6, 6.07) is 4.00. The maximum Gasteiger partial charge on any atom is 0.169 e. The average molecular weight is 227 g/mol. The molecular formula is C12H18FNO2. The minimum Gasteiger partial charge on any atom is -0.494 e. The Morgan fingerprint density at radius 3 is 2.50 bits per heavy atom. The lowest BCUT2D eigenvalue weighted by atomic mass is 9.94. The van der Waals surface area contributed by atoms with E-state index >= 15 is 0 Å². The lowest BCUT2D eigenvalue weighted by Crippen LogP contribution is -2.31. The number of hydrogen-bond donors (Lipinski definition) is 2. The fraction of sp³-hybridized carbons (Fsp3) is 0.500. The molecule has 0 spiro atoms. The monoisotopic (exact) mass is 227 g/mol. The first-order valence-electron chi connectivity index (χ1n) is 5.25. The molecular weight excluding hydrogens is 209 g/mol. The minimum atomic E-state index is -0.776. The summed E-state index contributed by atoms with van der Waals surface area (Å²) in [4.78, 5) is 0.